The lowest BCUT2D eigenvalue weighted by Crippen LogP contribution is -2.37. The predicted octanol–water partition coefficient (Wildman–Crippen LogP) is 2.53. The van der Waals surface area contributed by atoms with Crippen LogP contribution in [0.4, 0.5) is 20.7 Å². The van der Waals surface area contributed by atoms with E-state index in [9.17, 15) is 9.18 Å². The molecule has 2 aromatic heterocycles. The molecule has 2 amide bonds. The van der Waals surface area contributed by atoms with Gasteiger partial charge in [-0.1, -0.05) is 0 Å². The largest absolute Gasteiger partial charge is 0.378 e. The quantitative estimate of drug-likeness (QED) is 0.552. The number of thiazole rings is 1. The maximum atomic E-state index is 13.3. The molecule has 0 radical (unpaired) electrons. The number of carbonyl (C=O) groups is 1. The number of hydrogen-bond acceptors (Lipinski definition) is 7. The molecule has 1 aromatic carbocycles. The summed E-state index contributed by atoms with van der Waals surface area (Å²) in [6.07, 6.45) is 0. The lowest BCUT2D eigenvalue weighted by molar-refractivity contribution is 0.122. The van der Waals surface area contributed by atoms with E-state index in [0.717, 1.165) is 24.6 Å². The second-order valence-electron chi connectivity index (χ2n) is 7.31. The fraction of sp³-hybridized carbons (Fsp3) is 0.364. The van der Waals surface area contributed by atoms with Crippen molar-refractivity contribution in [3.63, 3.8) is 0 Å². The number of nitrogens with zero attached hydrogens (tertiary/aromatic N) is 5. The van der Waals surface area contributed by atoms with Gasteiger partial charge < -0.3 is 24.8 Å². The second-order valence-corrected chi connectivity index (χ2v) is 8.14. The Morgan fingerprint density at radius 1 is 1.15 bits per heavy atom. The van der Waals surface area contributed by atoms with Gasteiger partial charge in [0.25, 0.3) is 0 Å². The minimum Gasteiger partial charge on any atom is -0.378 e. The molecule has 0 spiro atoms. The average Bonchev–Trinajstić information content (AvgIpc) is 3.23. The molecule has 1 fully saturated rings. The topological polar surface area (TPSA) is 96.7 Å². The number of anilines is 1. The Morgan fingerprint density at radius 2 is 1.94 bits per heavy atom. The summed E-state index contributed by atoms with van der Waals surface area (Å²) in [4.78, 5) is 19.3. The molecule has 4 rings (SSSR count). The number of urea groups is 1. The predicted molar refractivity (Wildman–Crippen MR) is 125 cm³/mol. The average molecular weight is 472 g/mol. The van der Waals surface area contributed by atoms with Crippen molar-refractivity contribution in [3.8, 4) is 11.4 Å². The van der Waals surface area contributed by atoms with Gasteiger partial charge in [-0.05, 0) is 43.3 Å². The van der Waals surface area contributed by atoms with Crippen LogP contribution in [-0.2, 0) is 11.3 Å². The summed E-state index contributed by atoms with van der Waals surface area (Å²) in [5.74, 6) is 0.508. The SMILES string of the molecule is CCNC(=O)NCCn1c(-c2ccc(N3CCOCC3)nn2)csc1=Nc1ccc(F)cc1. The summed E-state index contributed by atoms with van der Waals surface area (Å²) < 4.78 is 20.7. The highest BCUT2D eigenvalue weighted by Gasteiger charge is 2.15. The van der Waals surface area contributed by atoms with E-state index in [-0.39, 0.29) is 11.8 Å². The van der Waals surface area contributed by atoms with Gasteiger partial charge in [-0.25, -0.2) is 14.2 Å². The number of hydrogen-bond donors (Lipinski definition) is 2. The van der Waals surface area contributed by atoms with E-state index in [4.69, 9.17) is 4.74 Å². The number of halogens is 1. The highest BCUT2D eigenvalue weighted by molar-refractivity contribution is 7.07. The Bertz CT molecular complexity index is 1120. The molecule has 3 heterocycles. The third-order valence-corrected chi connectivity index (χ3v) is 5.92. The van der Waals surface area contributed by atoms with Crippen LogP contribution in [0.2, 0.25) is 0 Å². The van der Waals surface area contributed by atoms with E-state index >= 15 is 0 Å². The van der Waals surface area contributed by atoms with Crippen LogP contribution in [0.15, 0.2) is 46.8 Å². The Labute approximate surface area is 194 Å². The monoisotopic (exact) mass is 471 g/mol. The molecule has 33 heavy (non-hydrogen) atoms. The summed E-state index contributed by atoms with van der Waals surface area (Å²) in [6, 6.07) is 9.69. The van der Waals surface area contributed by atoms with Crippen LogP contribution >= 0.6 is 11.3 Å². The van der Waals surface area contributed by atoms with E-state index in [1.165, 1.54) is 23.5 Å². The van der Waals surface area contributed by atoms with Gasteiger partial charge in [0, 0.05) is 38.1 Å². The van der Waals surface area contributed by atoms with Crippen LogP contribution in [0.5, 0.6) is 0 Å². The molecule has 9 nitrogen and oxygen atoms in total. The number of nitrogens with one attached hydrogen (secondary N) is 2. The van der Waals surface area contributed by atoms with Crippen molar-refractivity contribution in [2.75, 3.05) is 44.3 Å². The van der Waals surface area contributed by atoms with Crippen LogP contribution in [0.25, 0.3) is 11.4 Å². The van der Waals surface area contributed by atoms with Gasteiger partial charge in [-0.2, -0.15) is 0 Å². The van der Waals surface area contributed by atoms with Crippen molar-refractivity contribution in [3.05, 3.63) is 52.4 Å². The molecule has 174 valence electrons. The fourth-order valence-corrected chi connectivity index (χ4v) is 4.33. The lowest BCUT2D eigenvalue weighted by Gasteiger charge is -2.27. The zero-order chi connectivity index (χ0) is 23.0. The normalized spacial score (nSPS) is 14.4. The highest BCUT2D eigenvalue weighted by atomic mass is 32.1. The molecule has 0 saturated carbocycles. The smallest absolute Gasteiger partial charge is 0.314 e. The first kappa shape index (κ1) is 22.9. The summed E-state index contributed by atoms with van der Waals surface area (Å²) in [5, 5.41) is 16.4. The third-order valence-electron chi connectivity index (χ3n) is 5.06. The number of ether oxygens (including phenoxy) is 1. The maximum absolute atomic E-state index is 13.3. The number of morpholine rings is 1. The number of rotatable bonds is 7. The Morgan fingerprint density at radius 3 is 2.64 bits per heavy atom. The number of carbonyl (C=O) groups excluding carboxylic acids is 1. The molecule has 1 aliphatic rings. The van der Waals surface area contributed by atoms with Crippen LogP contribution in [0.1, 0.15) is 6.92 Å². The molecule has 1 saturated heterocycles. The molecule has 1 aliphatic heterocycles. The van der Waals surface area contributed by atoms with Gasteiger partial charge in [0.1, 0.15) is 11.5 Å². The molecule has 0 bridgehead atoms. The summed E-state index contributed by atoms with van der Waals surface area (Å²) in [7, 11) is 0. The number of benzene rings is 1. The Balaban J connectivity index is 1.61. The van der Waals surface area contributed by atoms with Crippen molar-refractivity contribution in [2.24, 2.45) is 4.99 Å². The molecule has 0 unspecified atom stereocenters. The van der Waals surface area contributed by atoms with Gasteiger partial charge in [0.05, 0.1) is 24.6 Å². The first-order valence-electron chi connectivity index (χ1n) is 10.8. The van der Waals surface area contributed by atoms with Crippen LogP contribution < -0.4 is 20.3 Å². The van der Waals surface area contributed by atoms with E-state index in [1.54, 1.807) is 12.1 Å². The first-order chi connectivity index (χ1) is 16.1. The minimum atomic E-state index is -0.310. The lowest BCUT2D eigenvalue weighted by atomic mass is 10.3. The van der Waals surface area contributed by atoms with Gasteiger partial charge in [-0.3, -0.25) is 0 Å². The Hall–Kier alpha value is -3.31. The second kappa shape index (κ2) is 11.0. The minimum absolute atomic E-state index is 0.221. The van der Waals surface area contributed by atoms with Crippen molar-refractivity contribution >= 4 is 28.9 Å². The van der Waals surface area contributed by atoms with E-state index < -0.39 is 0 Å². The van der Waals surface area contributed by atoms with Crippen LogP contribution in [0, 0.1) is 5.82 Å². The summed E-state index contributed by atoms with van der Waals surface area (Å²) in [6.45, 7) is 6.26. The maximum Gasteiger partial charge on any atom is 0.314 e. The molecule has 2 N–H and O–H groups in total. The number of amides is 2. The number of aromatic nitrogens is 3. The Kier molecular flexibility index (Phi) is 7.63. The van der Waals surface area contributed by atoms with E-state index in [2.05, 4.69) is 30.7 Å². The first-order valence-corrected chi connectivity index (χ1v) is 11.7. The van der Waals surface area contributed by atoms with Gasteiger partial charge in [0.2, 0.25) is 0 Å². The molecule has 3 aromatic rings. The zero-order valence-corrected chi connectivity index (χ0v) is 19.1. The van der Waals surface area contributed by atoms with Crippen LogP contribution in [0.3, 0.4) is 0 Å². The fourth-order valence-electron chi connectivity index (χ4n) is 3.39. The molecular formula is C22H26FN7O2S. The van der Waals surface area contributed by atoms with E-state index in [1.807, 2.05) is 29.0 Å². The van der Waals surface area contributed by atoms with Crippen molar-refractivity contribution < 1.29 is 13.9 Å². The molecule has 0 aliphatic carbocycles. The van der Waals surface area contributed by atoms with E-state index in [0.29, 0.717) is 49.0 Å². The van der Waals surface area contributed by atoms with Gasteiger partial charge >= 0.3 is 6.03 Å². The zero-order valence-electron chi connectivity index (χ0n) is 18.3. The molecular weight excluding hydrogens is 445 g/mol. The van der Waals surface area contributed by atoms with Crippen LogP contribution in [-0.4, -0.2) is 60.2 Å². The standard InChI is InChI=1S/C22H26FN7O2S/c1-2-24-21(31)25-9-10-30-19(15-33-22(30)26-17-5-3-16(23)4-6-17)18-7-8-20(28-27-18)29-11-13-32-14-12-29/h3-8,15H,2,9-14H2,1H3,(H2,24,25,31). The van der Waals surface area contributed by atoms with Crippen molar-refractivity contribution in [1.29, 1.82) is 0 Å². The third kappa shape index (κ3) is 5.93. The van der Waals surface area contributed by atoms with Gasteiger partial charge in [0.15, 0.2) is 10.6 Å². The highest BCUT2D eigenvalue weighted by Crippen LogP contribution is 2.21. The summed E-state index contributed by atoms with van der Waals surface area (Å²) in [5.41, 5.74) is 2.20. The summed E-state index contributed by atoms with van der Waals surface area (Å²) >= 11 is 1.45. The molecule has 0 atom stereocenters. The van der Waals surface area contributed by atoms with Gasteiger partial charge in [-0.15, -0.1) is 21.5 Å². The molecule has 11 heteroatoms. The van der Waals surface area contributed by atoms with Crippen molar-refractivity contribution in [2.45, 2.75) is 13.5 Å². The van der Waals surface area contributed by atoms with Crippen molar-refractivity contribution in [1.82, 2.24) is 25.4 Å².